The first-order valence-electron chi connectivity index (χ1n) is 17.6. The van der Waals surface area contributed by atoms with Crippen LogP contribution in [0.3, 0.4) is 0 Å². The van der Waals surface area contributed by atoms with Gasteiger partial charge in [-0.2, -0.15) is 0 Å². The van der Waals surface area contributed by atoms with E-state index in [4.69, 9.17) is 15.0 Å². The number of aromatic nitrogens is 3. The summed E-state index contributed by atoms with van der Waals surface area (Å²) in [6.45, 7) is 0. The Balaban J connectivity index is 1.09. The molecule has 1 heterocycles. The molecule has 242 valence electrons. The van der Waals surface area contributed by atoms with Crippen LogP contribution in [0.1, 0.15) is 0 Å². The van der Waals surface area contributed by atoms with Gasteiger partial charge in [-0.1, -0.05) is 182 Å². The van der Waals surface area contributed by atoms with Crippen LogP contribution in [-0.2, 0) is 0 Å². The third-order valence-corrected chi connectivity index (χ3v) is 10.1. The lowest BCUT2D eigenvalue weighted by molar-refractivity contribution is 1.07. The highest BCUT2D eigenvalue weighted by Gasteiger charge is 2.16. The number of benzene rings is 9. The van der Waals surface area contributed by atoms with Crippen LogP contribution >= 0.6 is 0 Å². The summed E-state index contributed by atoms with van der Waals surface area (Å²) in [5.41, 5.74) is 7.58. The molecule has 0 bridgehead atoms. The Hall–Kier alpha value is -6.97. The molecule has 3 heteroatoms. The smallest absolute Gasteiger partial charge is 0.164 e. The van der Waals surface area contributed by atoms with Crippen LogP contribution in [0.25, 0.3) is 99.5 Å². The van der Waals surface area contributed by atoms with Crippen LogP contribution in [0.2, 0.25) is 0 Å². The highest BCUT2D eigenvalue weighted by molar-refractivity contribution is 6.22. The summed E-state index contributed by atoms with van der Waals surface area (Å²) in [4.78, 5) is 15.1. The van der Waals surface area contributed by atoms with Crippen molar-refractivity contribution in [1.29, 1.82) is 0 Å². The van der Waals surface area contributed by atoms with E-state index >= 15 is 0 Å². The predicted molar refractivity (Wildman–Crippen MR) is 217 cm³/mol. The van der Waals surface area contributed by atoms with E-state index in [1.165, 1.54) is 54.2 Å². The van der Waals surface area contributed by atoms with E-state index in [0.717, 1.165) is 27.8 Å². The minimum absolute atomic E-state index is 0.641. The second-order valence-corrected chi connectivity index (χ2v) is 13.2. The van der Waals surface area contributed by atoms with Gasteiger partial charge in [-0.25, -0.2) is 15.0 Å². The van der Waals surface area contributed by atoms with Gasteiger partial charge >= 0.3 is 0 Å². The Morgan fingerprint density at radius 1 is 0.269 bits per heavy atom. The Bertz CT molecular complexity index is 2930. The first kappa shape index (κ1) is 29.9. The molecule has 0 N–H and O–H groups in total. The van der Waals surface area contributed by atoms with Crippen molar-refractivity contribution in [3.05, 3.63) is 188 Å². The lowest BCUT2D eigenvalue weighted by Gasteiger charge is -2.15. The number of fused-ring (bicyclic) bond motifs is 5. The molecule has 9 aromatic carbocycles. The van der Waals surface area contributed by atoms with E-state index < -0.39 is 0 Å². The summed E-state index contributed by atoms with van der Waals surface area (Å²) in [5, 5.41) is 9.92. The van der Waals surface area contributed by atoms with Gasteiger partial charge in [0.15, 0.2) is 17.5 Å². The average Bonchev–Trinajstić information content (AvgIpc) is 3.23. The molecule has 10 aromatic rings. The predicted octanol–water partition coefficient (Wildman–Crippen LogP) is 12.8. The fraction of sp³-hybridized carbons (Fsp3) is 0. The van der Waals surface area contributed by atoms with Crippen LogP contribution in [-0.4, -0.2) is 15.0 Å². The Morgan fingerprint density at radius 2 is 0.731 bits per heavy atom. The van der Waals surface area contributed by atoms with Crippen molar-refractivity contribution in [2.75, 3.05) is 0 Å². The molecule has 0 aliphatic heterocycles. The highest BCUT2D eigenvalue weighted by Crippen LogP contribution is 2.41. The van der Waals surface area contributed by atoms with Crippen molar-refractivity contribution in [3.8, 4) is 56.4 Å². The zero-order valence-electron chi connectivity index (χ0n) is 28.2. The fourth-order valence-corrected chi connectivity index (χ4v) is 7.55. The van der Waals surface area contributed by atoms with Crippen LogP contribution < -0.4 is 0 Å². The maximum absolute atomic E-state index is 5.07. The van der Waals surface area contributed by atoms with Crippen molar-refractivity contribution in [2.45, 2.75) is 0 Å². The minimum Gasteiger partial charge on any atom is -0.208 e. The number of hydrogen-bond acceptors (Lipinski definition) is 3. The van der Waals surface area contributed by atoms with Crippen molar-refractivity contribution in [1.82, 2.24) is 15.0 Å². The third-order valence-electron chi connectivity index (χ3n) is 10.1. The molecule has 0 unspecified atom stereocenters. The second kappa shape index (κ2) is 12.4. The number of rotatable bonds is 5. The lowest BCUT2D eigenvalue weighted by atomic mass is 9.89. The quantitative estimate of drug-likeness (QED) is 0.136. The summed E-state index contributed by atoms with van der Waals surface area (Å²) in [6.07, 6.45) is 0. The van der Waals surface area contributed by atoms with E-state index in [0.29, 0.717) is 17.5 Å². The zero-order chi connectivity index (χ0) is 34.4. The van der Waals surface area contributed by atoms with Gasteiger partial charge in [-0.15, -0.1) is 0 Å². The highest BCUT2D eigenvalue weighted by atomic mass is 15.0. The van der Waals surface area contributed by atoms with E-state index in [9.17, 15) is 0 Å². The Morgan fingerprint density at radius 3 is 1.40 bits per heavy atom. The summed E-state index contributed by atoms with van der Waals surface area (Å²) in [6, 6.07) is 66.5. The van der Waals surface area contributed by atoms with E-state index in [1.54, 1.807) is 0 Å². The standard InChI is InChI=1S/C49H31N3/c1-2-13-36(14-3-1)47-50-48(37-26-21-34(22-27-37)42-20-10-16-32-11-4-7-17-41(32)42)52-49(51-47)38-28-24-35(25-29-38)45-44-19-9-6-15-39(44)31-40-30-23-33-12-5-8-18-43(33)46(40)45/h1-31H. The number of hydrogen-bond donors (Lipinski definition) is 0. The SMILES string of the molecule is c1ccc(-c2nc(-c3ccc(-c4cccc5ccccc45)cc3)nc(-c3ccc(-c4c5ccccc5cc5ccc6ccccc6c45)cc3)n2)cc1. The summed E-state index contributed by atoms with van der Waals surface area (Å²) < 4.78 is 0. The Kier molecular flexibility index (Phi) is 7.14. The second-order valence-electron chi connectivity index (χ2n) is 13.2. The molecule has 0 fully saturated rings. The van der Waals surface area contributed by atoms with Gasteiger partial charge in [-0.3, -0.25) is 0 Å². The van der Waals surface area contributed by atoms with E-state index in [2.05, 4.69) is 158 Å². The van der Waals surface area contributed by atoms with Gasteiger partial charge in [0.2, 0.25) is 0 Å². The van der Waals surface area contributed by atoms with Gasteiger partial charge in [-0.05, 0) is 71.4 Å². The first-order chi connectivity index (χ1) is 25.8. The van der Waals surface area contributed by atoms with Gasteiger partial charge in [0.25, 0.3) is 0 Å². The van der Waals surface area contributed by atoms with Crippen LogP contribution in [0, 0.1) is 0 Å². The molecule has 3 nitrogen and oxygen atoms in total. The molecular formula is C49H31N3. The maximum atomic E-state index is 5.07. The molecule has 0 aliphatic rings. The van der Waals surface area contributed by atoms with Crippen LogP contribution in [0.5, 0.6) is 0 Å². The van der Waals surface area contributed by atoms with E-state index in [-0.39, 0.29) is 0 Å². The largest absolute Gasteiger partial charge is 0.208 e. The normalized spacial score (nSPS) is 11.5. The van der Waals surface area contributed by atoms with Gasteiger partial charge < -0.3 is 0 Å². The molecule has 0 spiro atoms. The molecule has 0 radical (unpaired) electrons. The van der Waals surface area contributed by atoms with Crippen molar-refractivity contribution >= 4 is 43.1 Å². The van der Waals surface area contributed by atoms with Crippen LogP contribution in [0.15, 0.2) is 188 Å². The molecule has 0 atom stereocenters. The molecule has 0 aliphatic carbocycles. The summed E-state index contributed by atoms with van der Waals surface area (Å²) >= 11 is 0. The fourth-order valence-electron chi connectivity index (χ4n) is 7.55. The maximum Gasteiger partial charge on any atom is 0.164 e. The average molecular weight is 662 g/mol. The van der Waals surface area contributed by atoms with Gasteiger partial charge in [0.1, 0.15) is 0 Å². The molecule has 1 aromatic heterocycles. The zero-order valence-corrected chi connectivity index (χ0v) is 28.2. The molecular weight excluding hydrogens is 631 g/mol. The van der Waals surface area contributed by atoms with Gasteiger partial charge in [0.05, 0.1) is 0 Å². The van der Waals surface area contributed by atoms with Crippen molar-refractivity contribution in [2.24, 2.45) is 0 Å². The summed E-state index contributed by atoms with van der Waals surface area (Å²) in [7, 11) is 0. The third kappa shape index (κ3) is 5.19. The Labute approximate surface area is 301 Å². The summed E-state index contributed by atoms with van der Waals surface area (Å²) in [5.74, 6) is 1.93. The molecule has 52 heavy (non-hydrogen) atoms. The molecule has 10 rings (SSSR count). The first-order valence-corrected chi connectivity index (χ1v) is 17.6. The van der Waals surface area contributed by atoms with E-state index in [1.807, 2.05) is 30.3 Å². The topological polar surface area (TPSA) is 38.7 Å². The monoisotopic (exact) mass is 661 g/mol. The van der Waals surface area contributed by atoms with Gasteiger partial charge in [0, 0.05) is 16.7 Å². The minimum atomic E-state index is 0.641. The van der Waals surface area contributed by atoms with Crippen molar-refractivity contribution in [3.63, 3.8) is 0 Å². The molecule has 0 saturated heterocycles. The molecule has 0 amide bonds. The van der Waals surface area contributed by atoms with Crippen LogP contribution in [0.4, 0.5) is 0 Å². The van der Waals surface area contributed by atoms with Crippen molar-refractivity contribution < 1.29 is 0 Å². The molecule has 0 saturated carbocycles. The lowest BCUT2D eigenvalue weighted by Crippen LogP contribution is -2.00. The number of nitrogens with zero attached hydrogens (tertiary/aromatic N) is 3.